The number of carbonyl (C=O) groups excluding carboxylic acids is 1. The minimum absolute atomic E-state index is 0.0781. The second kappa shape index (κ2) is 10.5. The van der Waals surface area contributed by atoms with Crippen molar-refractivity contribution < 1.29 is 13.6 Å². The Morgan fingerprint density at radius 3 is 2.56 bits per heavy atom. The summed E-state index contributed by atoms with van der Waals surface area (Å²) in [7, 11) is 1.50. The Morgan fingerprint density at radius 2 is 1.88 bits per heavy atom. The van der Waals surface area contributed by atoms with Crippen LogP contribution in [0.3, 0.4) is 0 Å². The van der Waals surface area contributed by atoms with Crippen LogP contribution in [0.5, 0.6) is 0 Å². The molecule has 2 N–H and O–H groups in total. The third kappa shape index (κ3) is 5.35. The first-order valence-electron chi connectivity index (χ1n) is 13.3. The van der Waals surface area contributed by atoms with Gasteiger partial charge in [0.25, 0.3) is 5.91 Å². The Bertz CT molecular complexity index is 1770. The maximum absolute atomic E-state index is 13.9. The van der Waals surface area contributed by atoms with Gasteiger partial charge < -0.3 is 19.5 Å². The average molecular weight is 572 g/mol. The van der Waals surface area contributed by atoms with E-state index in [1.54, 1.807) is 29.5 Å². The fourth-order valence-corrected chi connectivity index (χ4v) is 6.03. The third-order valence-corrected chi connectivity index (χ3v) is 8.19. The molecular weight excluding hydrogens is 542 g/mol. The van der Waals surface area contributed by atoms with Gasteiger partial charge in [0.2, 0.25) is 17.7 Å². The first-order chi connectivity index (χ1) is 19.7. The molecule has 1 aliphatic rings. The lowest BCUT2D eigenvalue weighted by Crippen LogP contribution is -2.35. The van der Waals surface area contributed by atoms with E-state index in [-0.39, 0.29) is 29.6 Å². The highest BCUT2D eigenvalue weighted by molar-refractivity contribution is 7.09. The van der Waals surface area contributed by atoms with Crippen molar-refractivity contribution in [2.45, 2.75) is 44.7 Å². The number of nitrogens with two attached hydrogens (primary N) is 1. The minimum Gasteiger partial charge on any atom is -0.419 e. The van der Waals surface area contributed by atoms with Gasteiger partial charge in [0.1, 0.15) is 5.01 Å². The first kappa shape index (κ1) is 26.8. The third-order valence-electron chi connectivity index (χ3n) is 7.13. The Labute approximate surface area is 239 Å². The molecule has 0 spiro atoms. The molecule has 1 fully saturated rings. The number of hydrogen-bond donors (Lipinski definition) is 1. The molecule has 4 heterocycles. The lowest BCUT2D eigenvalue weighted by atomic mass is 9.94. The van der Waals surface area contributed by atoms with Crippen LogP contribution in [-0.2, 0) is 19.0 Å². The molecule has 1 aliphatic heterocycles. The topological polar surface area (TPSA) is 146 Å². The Balaban J connectivity index is 1.38. The van der Waals surface area contributed by atoms with Crippen molar-refractivity contribution in [2.75, 3.05) is 6.54 Å². The van der Waals surface area contributed by atoms with Crippen LogP contribution >= 0.6 is 11.3 Å². The van der Waals surface area contributed by atoms with Gasteiger partial charge in [-0.25, -0.2) is 9.78 Å². The van der Waals surface area contributed by atoms with Crippen LogP contribution < -0.4 is 11.5 Å². The molecular formula is C29H29N7O4S. The van der Waals surface area contributed by atoms with Crippen molar-refractivity contribution in [1.29, 1.82) is 0 Å². The van der Waals surface area contributed by atoms with Gasteiger partial charge in [-0.3, -0.25) is 4.79 Å². The van der Waals surface area contributed by atoms with Gasteiger partial charge in [-0.1, -0.05) is 30.3 Å². The van der Waals surface area contributed by atoms with Crippen LogP contribution in [0.2, 0.25) is 0 Å². The zero-order valence-corrected chi connectivity index (χ0v) is 23.7. The second-order valence-electron chi connectivity index (χ2n) is 10.6. The van der Waals surface area contributed by atoms with Crippen molar-refractivity contribution >= 4 is 17.2 Å². The number of thiazole rings is 1. The molecule has 1 saturated heterocycles. The number of aryl methyl sites for hydroxylation is 2. The van der Waals surface area contributed by atoms with E-state index in [0.717, 1.165) is 33.8 Å². The number of nitrogens with zero attached hydrogens (tertiary/aromatic N) is 6. The van der Waals surface area contributed by atoms with Crippen molar-refractivity contribution in [3.8, 4) is 22.9 Å². The summed E-state index contributed by atoms with van der Waals surface area (Å²) in [6.07, 6.45) is 2.20. The van der Waals surface area contributed by atoms with Crippen LogP contribution in [-0.4, -0.2) is 42.3 Å². The SMILES string of the molecule is Cc1csc([C@H]2CCCN2C(=O)c2cc(-c3nnc([C@](C)(N)Cc4ccccc4)o3)cc(-c3nn(C)c(=O)o3)c2)n1. The highest BCUT2D eigenvalue weighted by atomic mass is 32.1. The molecule has 12 heteroatoms. The lowest BCUT2D eigenvalue weighted by molar-refractivity contribution is 0.0735. The number of hydrogen-bond acceptors (Lipinski definition) is 10. The molecule has 0 bridgehead atoms. The molecule has 41 heavy (non-hydrogen) atoms. The molecule has 1 amide bonds. The number of amides is 1. The van der Waals surface area contributed by atoms with Crippen LogP contribution in [0.25, 0.3) is 22.9 Å². The number of carbonyl (C=O) groups is 1. The first-order valence-corrected chi connectivity index (χ1v) is 14.2. The van der Waals surface area contributed by atoms with Crippen LogP contribution in [0.15, 0.2) is 67.5 Å². The van der Waals surface area contributed by atoms with Gasteiger partial charge in [0, 0.05) is 41.4 Å². The summed E-state index contributed by atoms with van der Waals surface area (Å²) < 4.78 is 12.5. The summed E-state index contributed by atoms with van der Waals surface area (Å²) in [6, 6.07) is 14.8. The molecule has 5 aromatic rings. The quantitative estimate of drug-likeness (QED) is 0.303. The summed E-state index contributed by atoms with van der Waals surface area (Å²) in [5, 5.41) is 15.6. The number of aromatic nitrogens is 5. The molecule has 3 aromatic heterocycles. The summed E-state index contributed by atoms with van der Waals surface area (Å²) in [5.74, 6) is -0.259. The maximum Gasteiger partial charge on any atom is 0.437 e. The molecule has 0 aliphatic carbocycles. The van der Waals surface area contributed by atoms with Crippen molar-refractivity contribution in [2.24, 2.45) is 12.8 Å². The predicted molar refractivity (Wildman–Crippen MR) is 152 cm³/mol. The van der Waals surface area contributed by atoms with E-state index in [2.05, 4.69) is 20.3 Å². The molecule has 0 saturated carbocycles. The smallest absolute Gasteiger partial charge is 0.419 e. The lowest BCUT2D eigenvalue weighted by Gasteiger charge is -2.23. The van der Waals surface area contributed by atoms with E-state index < -0.39 is 11.3 Å². The molecule has 0 radical (unpaired) electrons. The number of benzene rings is 2. The zero-order chi connectivity index (χ0) is 28.7. The van der Waals surface area contributed by atoms with Gasteiger partial charge in [-0.2, -0.15) is 4.68 Å². The van der Waals surface area contributed by atoms with Crippen LogP contribution in [0.4, 0.5) is 0 Å². The van der Waals surface area contributed by atoms with Crippen LogP contribution in [0, 0.1) is 6.92 Å². The molecule has 210 valence electrons. The van der Waals surface area contributed by atoms with Gasteiger partial charge in [0.05, 0.1) is 11.6 Å². The van der Waals surface area contributed by atoms with Gasteiger partial charge in [-0.05, 0) is 56.9 Å². The van der Waals surface area contributed by atoms with E-state index in [1.807, 2.05) is 54.5 Å². The van der Waals surface area contributed by atoms with Gasteiger partial charge in [-0.15, -0.1) is 26.6 Å². The van der Waals surface area contributed by atoms with Gasteiger partial charge in [0.15, 0.2) is 0 Å². The monoisotopic (exact) mass is 571 g/mol. The number of rotatable bonds is 7. The number of likely N-dealkylation sites (tertiary alicyclic amines) is 1. The van der Waals surface area contributed by atoms with Crippen molar-refractivity contribution in [3.05, 3.63) is 92.2 Å². The van der Waals surface area contributed by atoms with E-state index in [0.29, 0.717) is 29.7 Å². The largest absolute Gasteiger partial charge is 0.437 e. The molecule has 2 aromatic carbocycles. The summed E-state index contributed by atoms with van der Waals surface area (Å²) in [6.45, 7) is 4.39. The van der Waals surface area contributed by atoms with Crippen molar-refractivity contribution in [3.63, 3.8) is 0 Å². The van der Waals surface area contributed by atoms with E-state index in [4.69, 9.17) is 14.6 Å². The van der Waals surface area contributed by atoms with Crippen molar-refractivity contribution in [1.82, 2.24) is 29.9 Å². The minimum atomic E-state index is -0.925. The Hall–Kier alpha value is -4.42. The molecule has 11 nitrogen and oxygen atoms in total. The summed E-state index contributed by atoms with van der Waals surface area (Å²) >= 11 is 1.56. The van der Waals surface area contributed by atoms with Gasteiger partial charge >= 0.3 is 5.76 Å². The highest BCUT2D eigenvalue weighted by Gasteiger charge is 2.34. The molecule has 0 unspecified atom stereocenters. The van der Waals surface area contributed by atoms with E-state index in [9.17, 15) is 9.59 Å². The highest BCUT2D eigenvalue weighted by Crippen LogP contribution is 2.36. The normalized spacial score (nSPS) is 16.7. The second-order valence-corrected chi connectivity index (χ2v) is 11.5. The summed E-state index contributed by atoms with van der Waals surface area (Å²) in [5.41, 5.74) is 8.95. The fourth-order valence-electron chi connectivity index (χ4n) is 5.08. The summed E-state index contributed by atoms with van der Waals surface area (Å²) in [4.78, 5) is 32.5. The molecule has 6 rings (SSSR count). The maximum atomic E-state index is 13.9. The molecule has 2 atom stereocenters. The average Bonchev–Trinajstić information content (AvgIpc) is 3.76. The Kier molecular flexibility index (Phi) is 6.88. The Morgan fingerprint density at radius 1 is 1.12 bits per heavy atom. The van der Waals surface area contributed by atoms with E-state index in [1.165, 1.54) is 7.05 Å². The van der Waals surface area contributed by atoms with E-state index >= 15 is 0 Å². The zero-order valence-electron chi connectivity index (χ0n) is 22.9. The predicted octanol–water partition coefficient (Wildman–Crippen LogP) is 4.25. The standard InChI is InChI=1S/C29H29N7O4S/c1-17-16-41-25(31-17)22-10-7-11-36(22)26(37)21-13-19(12-20(14-21)24-34-35(3)28(38)40-24)23-32-33-27(39-23)29(2,30)15-18-8-5-4-6-9-18/h4-6,8-9,12-14,16,22H,7,10-11,15,30H2,1-3H3/t22-,29-/m1/s1. The van der Waals surface area contributed by atoms with Crippen LogP contribution in [0.1, 0.15) is 58.3 Å². The fraction of sp³-hybridized carbons (Fsp3) is 0.310.